The number of carbonyl (C=O) groups excluding carboxylic acids is 1. The molecule has 1 amide bonds. The summed E-state index contributed by atoms with van der Waals surface area (Å²) in [5.41, 5.74) is 1.22. The maximum absolute atomic E-state index is 13.1. The summed E-state index contributed by atoms with van der Waals surface area (Å²) < 4.78 is 37.3. The van der Waals surface area contributed by atoms with Crippen LogP contribution in [0.25, 0.3) is 0 Å². The number of hydrogen-bond acceptors (Lipinski definition) is 5. The van der Waals surface area contributed by atoms with Crippen molar-refractivity contribution in [1.29, 1.82) is 0 Å². The van der Waals surface area contributed by atoms with Crippen molar-refractivity contribution in [3.8, 4) is 11.5 Å². The zero-order valence-corrected chi connectivity index (χ0v) is 18.7. The summed E-state index contributed by atoms with van der Waals surface area (Å²) in [7, 11) is -3.71. The molecular formula is C21H25ClN2O5S. The zero-order chi connectivity index (χ0) is 21.9. The fourth-order valence-corrected chi connectivity index (χ4v) is 4.71. The third-order valence-electron chi connectivity index (χ3n) is 4.84. The molecule has 1 aliphatic rings. The third-order valence-corrected chi connectivity index (χ3v) is 6.27. The zero-order valence-electron chi connectivity index (χ0n) is 17.1. The van der Waals surface area contributed by atoms with Gasteiger partial charge in [0.25, 0.3) is 0 Å². The van der Waals surface area contributed by atoms with E-state index in [1.807, 2.05) is 19.1 Å². The fourth-order valence-electron chi connectivity index (χ4n) is 3.37. The Morgan fingerprint density at radius 1 is 1.13 bits per heavy atom. The molecule has 1 aliphatic heterocycles. The minimum atomic E-state index is -3.71. The number of nitrogens with zero attached hydrogens (tertiary/aromatic N) is 1. The molecule has 0 radical (unpaired) electrons. The van der Waals surface area contributed by atoms with Gasteiger partial charge in [0.05, 0.1) is 18.0 Å². The lowest BCUT2D eigenvalue weighted by Crippen LogP contribution is -2.49. The van der Waals surface area contributed by atoms with E-state index in [9.17, 15) is 13.2 Å². The molecule has 0 aliphatic carbocycles. The molecule has 2 aromatic carbocycles. The van der Waals surface area contributed by atoms with Crippen molar-refractivity contribution in [2.24, 2.45) is 0 Å². The van der Waals surface area contributed by atoms with Crippen LogP contribution in [0, 0.1) is 0 Å². The molecule has 0 spiro atoms. The quantitative estimate of drug-likeness (QED) is 0.694. The average molecular weight is 453 g/mol. The Labute approximate surface area is 182 Å². The summed E-state index contributed by atoms with van der Waals surface area (Å²) in [4.78, 5) is 13.1. The Morgan fingerprint density at radius 3 is 2.37 bits per heavy atom. The summed E-state index contributed by atoms with van der Waals surface area (Å²) in [6.45, 7) is 4.58. The van der Waals surface area contributed by atoms with Crippen molar-refractivity contribution >= 4 is 33.2 Å². The number of anilines is 1. The number of amides is 1. The summed E-state index contributed by atoms with van der Waals surface area (Å²) >= 11 is 5.93. The number of rotatable bonds is 7. The number of carbonyl (C=O) groups is 1. The van der Waals surface area contributed by atoms with E-state index in [0.29, 0.717) is 41.8 Å². The van der Waals surface area contributed by atoms with Gasteiger partial charge in [0, 0.05) is 5.02 Å². The van der Waals surface area contributed by atoms with Crippen LogP contribution in [0.4, 0.5) is 5.69 Å². The Morgan fingerprint density at radius 2 is 1.77 bits per heavy atom. The standard InChI is InChI=1S/C21H25ClN2O5S/c1-4-18(24(30(3,26)27)17-8-6-16(22)7-9-17)21(25)23-14(2)15-5-10-19-20(13-15)29-12-11-28-19/h5-10,13-14,18H,4,11-12H2,1-3H3,(H,23,25)/t14-,18+/m0/s1. The monoisotopic (exact) mass is 452 g/mol. The largest absolute Gasteiger partial charge is 0.486 e. The van der Waals surface area contributed by atoms with E-state index in [2.05, 4.69) is 5.32 Å². The molecule has 2 atom stereocenters. The Balaban J connectivity index is 1.82. The van der Waals surface area contributed by atoms with Gasteiger partial charge in [0.2, 0.25) is 15.9 Å². The first-order valence-electron chi connectivity index (χ1n) is 9.65. The summed E-state index contributed by atoms with van der Waals surface area (Å²) in [5.74, 6) is 0.909. The first-order valence-corrected chi connectivity index (χ1v) is 11.9. The summed E-state index contributed by atoms with van der Waals surface area (Å²) in [6.07, 6.45) is 1.39. The van der Waals surface area contributed by atoms with Crippen LogP contribution in [-0.2, 0) is 14.8 Å². The molecule has 0 fully saturated rings. The second-order valence-electron chi connectivity index (χ2n) is 7.09. The van der Waals surface area contributed by atoms with Gasteiger partial charge in [-0.1, -0.05) is 24.6 Å². The lowest BCUT2D eigenvalue weighted by atomic mass is 10.1. The van der Waals surface area contributed by atoms with E-state index in [-0.39, 0.29) is 11.9 Å². The number of ether oxygens (including phenoxy) is 2. The van der Waals surface area contributed by atoms with Crippen molar-refractivity contribution in [2.45, 2.75) is 32.4 Å². The number of hydrogen-bond donors (Lipinski definition) is 1. The van der Waals surface area contributed by atoms with Crippen LogP contribution in [-0.4, -0.2) is 39.8 Å². The first-order chi connectivity index (χ1) is 14.2. The Kier molecular flexibility index (Phi) is 6.77. The minimum Gasteiger partial charge on any atom is -0.486 e. The number of sulfonamides is 1. The number of benzene rings is 2. The normalized spacial score (nSPS) is 15.2. The van der Waals surface area contributed by atoms with Crippen LogP contribution in [0.15, 0.2) is 42.5 Å². The molecular weight excluding hydrogens is 428 g/mol. The summed E-state index contributed by atoms with van der Waals surface area (Å²) in [6, 6.07) is 10.6. The highest BCUT2D eigenvalue weighted by molar-refractivity contribution is 7.92. The Bertz CT molecular complexity index is 1010. The van der Waals surface area contributed by atoms with Gasteiger partial charge in [-0.3, -0.25) is 9.10 Å². The fraction of sp³-hybridized carbons (Fsp3) is 0.381. The van der Waals surface area contributed by atoms with Crippen molar-refractivity contribution < 1.29 is 22.7 Å². The van der Waals surface area contributed by atoms with Gasteiger partial charge in [-0.15, -0.1) is 0 Å². The molecule has 0 unspecified atom stereocenters. The van der Waals surface area contributed by atoms with Crippen molar-refractivity contribution in [1.82, 2.24) is 5.32 Å². The molecule has 30 heavy (non-hydrogen) atoms. The average Bonchev–Trinajstić information content (AvgIpc) is 2.71. The predicted molar refractivity (Wildman–Crippen MR) is 117 cm³/mol. The Hall–Kier alpha value is -2.45. The highest BCUT2D eigenvalue weighted by Crippen LogP contribution is 2.33. The maximum Gasteiger partial charge on any atom is 0.244 e. The van der Waals surface area contributed by atoms with Gasteiger partial charge in [0.1, 0.15) is 19.3 Å². The molecule has 2 aromatic rings. The van der Waals surface area contributed by atoms with Crippen LogP contribution < -0.4 is 19.1 Å². The van der Waals surface area contributed by atoms with E-state index < -0.39 is 16.1 Å². The van der Waals surface area contributed by atoms with Gasteiger partial charge >= 0.3 is 0 Å². The molecule has 1 N–H and O–H groups in total. The molecule has 0 bridgehead atoms. The van der Waals surface area contributed by atoms with Crippen molar-refractivity contribution in [3.63, 3.8) is 0 Å². The lowest BCUT2D eigenvalue weighted by Gasteiger charge is -2.31. The predicted octanol–water partition coefficient (Wildman–Crippen LogP) is 3.53. The van der Waals surface area contributed by atoms with Crippen LogP contribution in [0.3, 0.4) is 0 Å². The van der Waals surface area contributed by atoms with Crippen LogP contribution in [0.2, 0.25) is 5.02 Å². The van der Waals surface area contributed by atoms with Crippen molar-refractivity contribution in [3.05, 3.63) is 53.1 Å². The van der Waals surface area contributed by atoms with Crippen molar-refractivity contribution in [2.75, 3.05) is 23.8 Å². The van der Waals surface area contributed by atoms with E-state index in [4.69, 9.17) is 21.1 Å². The first kappa shape index (κ1) is 22.2. The number of halogens is 1. The van der Waals surface area contributed by atoms with Crippen LogP contribution in [0.5, 0.6) is 11.5 Å². The highest BCUT2D eigenvalue weighted by atomic mass is 35.5. The second kappa shape index (κ2) is 9.14. The molecule has 3 rings (SSSR count). The SMILES string of the molecule is CC[C@H](C(=O)N[C@@H](C)c1ccc2c(c1)OCCO2)N(c1ccc(Cl)cc1)S(C)(=O)=O. The highest BCUT2D eigenvalue weighted by Gasteiger charge is 2.32. The van der Waals surface area contributed by atoms with Gasteiger partial charge in [-0.2, -0.15) is 0 Å². The maximum atomic E-state index is 13.1. The van der Waals surface area contributed by atoms with E-state index in [0.717, 1.165) is 16.1 Å². The van der Waals surface area contributed by atoms with Gasteiger partial charge in [-0.05, 0) is 55.3 Å². The molecule has 0 saturated carbocycles. The molecule has 1 heterocycles. The van der Waals surface area contributed by atoms with E-state index >= 15 is 0 Å². The van der Waals surface area contributed by atoms with Gasteiger partial charge in [0.15, 0.2) is 11.5 Å². The third kappa shape index (κ3) is 4.99. The van der Waals surface area contributed by atoms with Gasteiger partial charge < -0.3 is 14.8 Å². The smallest absolute Gasteiger partial charge is 0.244 e. The van der Waals surface area contributed by atoms with Gasteiger partial charge in [-0.25, -0.2) is 8.42 Å². The van der Waals surface area contributed by atoms with E-state index in [1.54, 1.807) is 37.3 Å². The second-order valence-corrected chi connectivity index (χ2v) is 9.39. The minimum absolute atomic E-state index is 0.301. The lowest BCUT2D eigenvalue weighted by molar-refractivity contribution is -0.122. The summed E-state index contributed by atoms with van der Waals surface area (Å²) in [5, 5.41) is 3.40. The molecule has 7 nitrogen and oxygen atoms in total. The topological polar surface area (TPSA) is 84.9 Å². The van der Waals surface area contributed by atoms with Crippen LogP contribution in [0.1, 0.15) is 31.9 Å². The molecule has 0 aromatic heterocycles. The molecule has 0 saturated heterocycles. The number of fused-ring (bicyclic) bond motifs is 1. The van der Waals surface area contributed by atoms with E-state index in [1.165, 1.54) is 0 Å². The van der Waals surface area contributed by atoms with Crippen LogP contribution >= 0.6 is 11.6 Å². The molecule has 162 valence electrons. The molecule has 9 heteroatoms. The number of nitrogens with one attached hydrogen (secondary N) is 1.